The molecule has 5 nitrogen and oxygen atoms in total. The SMILES string of the molecule is O=C(NCc1ccc(C#CCO)cc1)c1cc[nH]c(=O)c1. The summed E-state index contributed by atoms with van der Waals surface area (Å²) >= 11 is 0. The molecule has 5 heteroatoms. The van der Waals surface area contributed by atoms with Crippen LogP contribution in [0, 0.1) is 11.8 Å². The van der Waals surface area contributed by atoms with Gasteiger partial charge in [-0.1, -0.05) is 24.0 Å². The van der Waals surface area contributed by atoms with Crippen LogP contribution in [0.2, 0.25) is 0 Å². The van der Waals surface area contributed by atoms with Crippen molar-refractivity contribution in [2.24, 2.45) is 0 Å². The maximum atomic E-state index is 11.9. The molecule has 2 aromatic rings. The molecule has 0 radical (unpaired) electrons. The Morgan fingerprint density at radius 3 is 2.67 bits per heavy atom. The van der Waals surface area contributed by atoms with E-state index in [1.165, 1.54) is 12.3 Å². The van der Waals surface area contributed by atoms with E-state index < -0.39 is 0 Å². The highest BCUT2D eigenvalue weighted by atomic mass is 16.2. The Labute approximate surface area is 121 Å². The van der Waals surface area contributed by atoms with Crippen LogP contribution >= 0.6 is 0 Å². The van der Waals surface area contributed by atoms with Crippen LogP contribution < -0.4 is 10.9 Å². The lowest BCUT2D eigenvalue weighted by molar-refractivity contribution is 0.0950. The van der Waals surface area contributed by atoms with E-state index in [0.717, 1.165) is 11.1 Å². The van der Waals surface area contributed by atoms with E-state index in [9.17, 15) is 9.59 Å². The van der Waals surface area contributed by atoms with E-state index >= 15 is 0 Å². The van der Waals surface area contributed by atoms with Gasteiger partial charge in [0.2, 0.25) is 5.56 Å². The lowest BCUT2D eigenvalue weighted by Crippen LogP contribution is -2.24. The largest absolute Gasteiger partial charge is 0.384 e. The van der Waals surface area contributed by atoms with Crippen LogP contribution in [0.3, 0.4) is 0 Å². The molecule has 3 N–H and O–H groups in total. The summed E-state index contributed by atoms with van der Waals surface area (Å²) in [5.74, 6) is 5.06. The average Bonchev–Trinajstić information content (AvgIpc) is 2.51. The summed E-state index contributed by atoms with van der Waals surface area (Å²) in [5, 5.41) is 11.3. The molecule has 0 bridgehead atoms. The molecule has 0 atom stereocenters. The molecule has 106 valence electrons. The third-order valence-corrected chi connectivity index (χ3v) is 2.76. The fraction of sp³-hybridized carbons (Fsp3) is 0.125. The number of aromatic amines is 1. The highest BCUT2D eigenvalue weighted by Gasteiger charge is 2.05. The Balaban J connectivity index is 1.96. The standard InChI is InChI=1S/C16H14N2O3/c19-9-1-2-12-3-5-13(6-4-12)11-18-16(21)14-7-8-17-15(20)10-14/h3-8,10,19H,9,11H2,(H,17,20)(H,18,21). The first-order chi connectivity index (χ1) is 10.2. The second-order valence-electron chi connectivity index (χ2n) is 4.28. The van der Waals surface area contributed by atoms with Gasteiger partial charge in [-0.2, -0.15) is 0 Å². The molecule has 0 fully saturated rings. The van der Waals surface area contributed by atoms with Gasteiger partial charge >= 0.3 is 0 Å². The van der Waals surface area contributed by atoms with Crippen molar-refractivity contribution in [3.63, 3.8) is 0 Å². The number of amides is 1. The van der Waals surface area contributed by atoms with E-state index in [4.69, 9.17) is 5.11 Å². The quantitative estimate of drug-likeness (QED) is 0.723. The predicted octanol–water partition coefficient (Wildman–Crippen LogP) is 0.649. The molecule has 0 saturated heterocycles. The van der Waals surface area contributed by atoms with Gasteiger partial charge in [0.1, 0.15) is 6.61 Å². The summed E-state index contributed by atoms with van der Waals surface area (Å²) in [6.07, 6.45) is 1.44. The minimum atomic E-state index is -0.311. The number of aromatic nitrogens is 1. The first kappa shape index (κ1) is 14.6. The molecular weight excluding hydrogens is 268 g/mol. The van der Waals surface area contributed by atoms with E-state index in [-0.39, 0.29) is 18.1 Å². The molecule has 0 unspecified atom stereocenters. The van der Waals surface area contributed by atoms with Gasteiger partial charge in [-0.15, -0.1) is 0 Å². The number of carbonyl (C=O) groups is 1. The van der Waals surface area contributed by atoms with E-state index in [1.807, 2.05) is 24.3 Å². The van der Waals surface area contributed by atoms with Gasteiger partial charge in [0, 0.05) is 29.9 Å². The Bertz CT molecular complexity index is 736. The van der Waals surface area contributed by atoms with Crippen molar-refractivity contribution in [3.8, 4) is 11.8 Å². The molecule has 2 rings (SSSR count). The summed E-state index contributed by atoms with van der Waals surface area (Å²) in [5.41, 5.74) is 1.73. The average molecular weight is 282 g/mol. The highest BCUT2D eigenvalue weighted by molar-refractivity contribution is 5.93. The van der Waals surface area contributed by atoms with Crippen LogP contribution in [0.1, 0.15) is 21.5 Å². The summed E-state index contributed by atoms with van der Waals surface area (Å²) in [7, 11) is 0. The molecule has 21 heavy (non-hydrogen) atoms. The number of aliphatic hydroxyl groups excluding tert-OH is 1. The smallest absolute Gasteiger partial charge is 0.251 e. The first-order valence-electron chi connectivity index (χ1n) is 6.34. The second-order valence-corrected chi connectivity index (χ2v) is 4.28. The zero-order valence-electron chi connectivity index (χ0n) is 11.2. The molecule has 1 amide bonds. The fourth-order valence-electron chi connectivity index (χ4n) is 1.72. The molecule has 0 saturated carbocycles. The van der Waals surface area contributed by atoms with Gasteiger partial charge in [-0.3, -0.25) is 9.59 Å². The molecule has 1 heterocycles. The number of benzene rings is 1. The topological polar surface area (TPSA) is 82.2 Å². The maximum absolute atomic E-state index is 11.9. The molecule has 0 aliphatic rings. The zero-order chi connectivity index (χ0) is 15.1. The predicted molar refractivity (Wildman–Crippen MR) is 78.6 cm³/mol. The van der Waals surface area contributed by atoms with Gasteiger partial charge in [0.05, 0.1) is 0 Å². The Morgan fingerprint density at radius 1 is 1.24 bits per heavy atom. The van der Waals surface area contributed by atoms with Gasteiger partial charge in [0.25, 0.3) is 5.91 Å². The van der Waals surface area contributed by atoms with Crippen LogP contribution in [-0.2, 0) is 6.54 Å². The Kier molecular flexibility index (Phi) is 4.91. The fourth-order valence-corrected chi connectivity index (χ4v) is 1.72. The van der Waals surface area contributed by atoms with Gasteiger partial charge in [-0.05, 0) is 23.8 Å². The number of nitrogens with one attached hydrogen (secondary N) is 2. The lowest BCUT2D eigenvalue weighted by atomic mass is 10.1. The number of aliphatic hydroxyl groups is 1. The Hall–Kier alpha value is -2.84. The first-order valence-corrected chi connectivity index (χ1v) is 6.34. The second kappa shape index (κ2) is 7.08. The van der Waals surface area contributed by atoms with E-state index in [0.29, 0.717) is 12.1 Å². The molecular formula is C16H14N2O3. The minimum Gasteiger partial charge on any atom is -0.384 e. The van der Waals surface area contributed by atoms with Crippen LogP contribution in [0.4, 0.5) is 0 Å². The summed E-state index contributed by atoms with van der Waals surface area (Å²) < 4.78 is 0. The van der Waals surface area contributed by atoms with E-state index in [2.05, 4.69) is 22.1 Å². The number of hydrogen-bond acceptors (Lipinski definition) is 3. The molecule has 0 aliphatic carbocycles. The van der Waals surface area contributed by atoms with Crippen LogP contribution in [-0.4, -0.2) is 22.6 Å². The van der Waals surface area contributed by atoms with Crippen molar-refractivity contribution >= 4 is 5.91 Å². The normalized spacial score (nSPS) is 9.57. The van der Waals surface area contributed by atoms with E-state index in [1.54, 1.807) is 6.07 Å². The molecule has 0 aliphatic heterocycles. The van der Waals surface area contributed by atoms with Gasteiger partial charge < -0.3 is 15.4 Å². The van der Waals surface area contributed by atoms with Crippen molar-refractivity contribution < 1.29 is 9.90 Å². The maximum Gasteiger partial charge on any atom is 0.251 e. The van der Waals surface area contributed by atoms with Crippen molar-refractivity contribution in [2.45, 2.75) is 6.54 Å². The third-order valence-electron chi connectivity index (χ3n) is 2.76. The van der Waals surface area contributed by atoms with Crippen molar-refractivity contribution in [1.29, 1.82) is 0 Å². The van der Waals surface area contributed by atoms with Crippen molar-refractivity contribution in [3.05, 3.63) is 69.6 Å². The number of carbonyl (C=O) groups excluding carboxylic acids is 1. The summed E-state index contributed by atoms with van der Waals surface area (Å²) in [6.45, 7) is 0.188. The van der Waals surface area contributed by atoms with Gasteiger partial charge in [-0.25, -0.2) is 0 Å². The Morgan fingerprint density at radius 2 is 2.00 bits per heavy atom. The van der Waals surface area contributed by atoms with Crippen molar-refractivity contribution in [1.82, 2.24) is 10.3 Å². The van der Waals surface area contributed by atoms with Crippen LogP contribution in [0.5, 0.6) is 0 Å². The summed E-state index contributed by atoms with van der Waals surface area (Å²) in [6, 6.07) is 10.1. The minimum absolute atomic E-state index is 0.173. The lowest BCUT2D eigenvalue weighted by Gasteiger charge is -2.05. The zero-order valence-corrected chi connectivity index (χ0v) is 11.2. The molecule has 1 aromatic carbocycles. The highest BCUT2D eigenvalue weighted by Crippen LogP contribution is 2.03. The van der Waals surface area contributed by atoms with Crippen LogP contribution in [0.25, 0.3) is 0 Å². The van der Waals surface area contributed by atoms with Crippen molar-refractivity contribution in [2.75, 3.05) is 6.61 Å². The number of hydrogen-bond donors (Lipinski definition) is 3. The number of pyridine rings is 1. The molecule has 0 spiro atoms. The third kappa shape index (κ3) is 4.34. The monoisotopic (exact) mass is 282 g/mol. The van der Waals surface area contributed by atoms with Gasteiger partial charge in [0.15, 0.2) is 0 Å². The number of rotatable bonds is 3. The van der Waals surface area contributed by atoms with Crippen LogP contribution in [0.15, 0.2) is 47.4 Å². The summed E-state index contributed by atoms with van der Waals surface area (Å²) in [4.78, 5) is 25.4. The molecule has 1 aromatic heterocycles. The number of H-pyrrole nitrogens is 1.